The Labute approximate surface area is 75.1 Å². The fourth-order valence-corrected chi connectivity index (χ4v) is 1.06. The first-order chi connectivity index (χ1) is 5.40. The van der Waals surface area contributed by atoms with Gasteiger partial charge in [-0.3, -0.25) is 4.18 Å². The smallest absolute Gasteiger partial charge is 0.102 e. The molecule has 0 aliphatic heterocycles. The quantitative estimate of drug-likeness (QED) is 0.501. The molecule has 0 saturated carbocycles. The van der Waals surface area contributed by atoms with Crippen LogP contribution in [0.4, 0.5) is 0 Å². The van der Waals surface area contributed by atoms with E-state index < -0.39 is 9.80 Å². The molecule has 0 aliphatic rings. The number of rotatable bonds is 3. The van der Waals surface area contributed by atoms with Crippen LogP contribution in [-0.2, 0) is 14.0 Å². The summed E-state index contributed by atoms with van der Waals surface area (Å²) in [7, 11) is -1.08. The Kier molecular flexibility index (Phi) is 4.28. The summed E-state index contributed by atoms with van der Waals surface area (Å²) >= 11 is 0. The van der Waals surface area contributed by atoms with Crippen molar-refractivity contribution in [3.05, 3.63) is 22.6 Å². The van der Waals surface area contributed by atoms with E-state index in [-0.39, 0.29) is 0 Å². The van der Waals surface area contributed by atoms with E-state index in [1.807, 2.05) is 19.9 Å². The summed E-state index contributed by atoms with van der Waals surface area (Å²) in [4.78, 5) is 0.659. The van der Waals surface area contributed by atoms with Gasteiger partial charge in [0.1, 0.15) is 9.80 Å². The summed E-state index contributed by atoms with van der Waals surface area (Å²) in [5.74, 6) is 3.47. The van der Waals surface area contributed by atoms with Crippen molar-refractivity contribution in [1.29, 1.82) is 0 Å². The molecule has 0 bridgehead atoms. The third kappa shape index (κ3) is 3.74. The maximum Gasteiger partial charge on any atom is 0.102 e. The maximum atomic E-state index is 11.4. The van der Waals surface area contributed by atoms with Crippen molar-refractivity contribution in [2.45, 2.75) is 20.8 Å². The van der Waals surface area contributed by atoms with E-state index in [4.69, 9.17) is 4.18 Å². The number of allylic oxidation sites excluding steroid dienone is 4. The molecule has 2 nitrogen and oxygen atoms in total. The van der Waals surface area contributed by atoms with Crippen molar-refractivity contribution in [1.82, 2.24) is 0 Å². The Bertz CT molecular complexity index is 290. The first kappa shape index (κ1) is 11.5. The predicted molar refractivity (Wildman–Crippen MR) is 55.5 cm³/mol. The van der Waals surface area contributed by atoms with Gasteiger partial charge in [-0.05, 0) is 32.7 Å². The molecule has 0 spiro atoms. The standard InChI is InChI=1S/C9H16O2S/c1-8(2)6-7-9(3)12(5,10)11-4/h6-7H,5H2,1-4H3. The molecule has 0 saturated heterocycles. The minimum atomic E-state index is -2.48. The second-order valence-electron chi connectivity index (χ2n) is 2.80. The predicted octanol–water partition coefficient (Wildman–Crippen LogP) is 2.13. The van der Waals surface area contributed by atoms with Crippen molar-refractivity contribution in [3.63, 3.8) is 0 Å². The largest absolute Gasteiger partial charge is 0.298 e. The van der Waals surface area contributed by atoms with Gasteiger partial charge in [0, 0.05) is 4.91 Å². The van der Waals surface area contributed by atoms with Gasteiger partial charge in [0.2, 0.25) is 0 Å². The molecule has 0 fully saturated rings. The number of hydrogen-bond acceptors (Lipinski definition) is 2. The highest BCUT2D eigenvalue weighted by Gasteiger charge is 2.01. The van der Waals surface area contributed by atoms with Crippen molar-refractivity contribution < 1.29 is 8.39 Å². The Morgan fingerprint density at radius 2 is 1.83 bits per heavy atom. The second-order valence-corrected chi connectivity index (χ2v) is 5.01. The molecule has 0 aromatic heterocycles. The van der Waals surface area contributed by atoms with Crippen LogP contribution in [0.3, 0.4) is 0 Å². The monoisotopic (exact) mass is 188 g/mol. The summed E-state index contributed by atoms with van der Waals surface area (Å²) in [6.07, 6.45) is 3.66. The molecule has 0 aromatic rings. The molecule has 12 heavy (non-hydrogen) atoms. The topological polar surface area (TPSA) is 26.3 Å². The molecule has 0 aliphatic carbocycles. The van der Waals surface area contributed by atoms with Crippen LogP contribution in [-0.4, -0.2) is 17.2 Å². The SMILES string of the molecule is C=S(=O)(OC)C(C)=CC=C(C)C. The lowest BCUT2D eigenvalue weighted by molar-refractivity contribution is 0.447. The summed E-state index contributed by atoms with van der Waals surface area (Å²) < 4.78 is 16.2. The third-order valence-corrected chi connectivity index (χ3v) is 3.07. The normalized spacial score (nSPS) is 16.8. The van der Waals surface area contributed by atoms with E-state index in [2.05, 4.69) is 5.87 Å². The molecular weight excluding hydrogens is 172 g/mol. The molecule has 0 aromatic carbocycles. The summed E-state index contributed by atoms with van der Waals surface area (Å²) in [6.45, 7) is 5.70. The number of hydrogen-bond donors (Lipinski definition) is 0. The Balaban J connectivity index is 4.73. The van der Waals surface area contributed by atoms with Crippen LogP contribution in [0.15, 0.2) is 22.6 Å². The van der Waals surface area contributed by atoms with Crippen LogP contribution in [0, 0.1) is 0 Å². The van der Waals surface area contributed by atoms with E-state index >= 15 is 0 Å². The van der Waals surface area contributed by atoms with Gasteiger partial charge in [0.05, 0.1) is 7.11 Å². The Hall–Kier alpha value is -0.540. The van der Waals surface area contributed by atoms with Gasteiger partial charge in [-0.25, -0.2) is 4.21 Å². The van der Waals surface area contributed by atoms with E-state index in [1.165, 1.54) is 7.11 Å². The lowest BCUT2D eigenvalue weighted by atomic mass is 10.3. The lowest BCUT2D eigenvalue weighted by Gasteiger charge is -2.04. The lowest BCUT2D eigenvalue weighted by Crippen LogP contribution is -2.02. The van der Waals surface area contributed by atoms with E-state index in [9.17, 15) is 4.21 Å². The highest BCUT2D eigenvalue weighted by Crippen LogP contribution is 2.07. The van der Waals surface area contributed by atoms with Crippen LogP contribution >= 0.6 is 0 Å². The first-order valence-electron chi connectivity index (χ1n) is 3.65. The average Bonchev–Trinajstić information content (AvgIpc) is 2.00. The molecule has 0 amide bonds. The minimum absolute atomic E-state index is 0.659. The third-order valence-electron chi connectivity index (χ3n) is 1.41. The molecule has 1 unspecified atom stereocenters. The Morgan fingerprint density at radius 1 is 1.33 bits per heavy atom. The van der Waals surface area contributed by atoms with Crippen LogP contribution in [0.1, 0.15) is 20.8 Å². The molecule has 3 heteroatoms. The molecular formula is C9H16O2S. The van der Waals surface area contributed by atoms with Gasteiger partial charge >= 0.3 is 0 Å². The molecule has 1 atom stereocenters. The Morgan fingerprint density at radius 3 is 2.17 bits per heavy atom. The average molecular weight is 188 g/mol. The molecule has 0 heterocycles. The van der Waals surface area contributed by atoms with Gasteiger partial charge < -0.3 is 0 Å². The molecule has 70 valence electrons. The highest BCUT2D eigenvalue weighted by atomic mass is 32.2. The van der Waals surface area contributed by atoms with Gasteiger partial charge in [-0.15, -0.1) is 0 Å². The fraction of sp³-hybridized carbons (Fsp3) is 0.444. The van der Waals surface area contributed by atoms with Crippen molar-refractivity contribution in [2.24, 2.45) is 0 Å². The zero-order valence-electron chi connectivity index (χ0n) is 8.09. The van der Waals surface area contributed by atoms with Crippen molar-refractivity contribution in [2.75, 3.05) is 7.11 Å². The van der Waals surface area contributed by atoms with E-state index in [1.54, 1.807) is 13.0 Å². The van der Waals surface area contributed by atoms with Gasteiger partial charge in [0.25, 0.3) is 0 Å². The molecule has 0 radical (unpaired) electrons. The van der Waals surface area contributed by atoms with E-state index in [0.717, 1.165) is 5.57 Å². The van der Waals surface area contributed by atoms with Crippen molar-refractivity contribution >= 4 is 15.7 Å². The molecule has 0 rings (SSSR count). The van der Waals surface area contributed by atoms with Crippen LogP contribution in [0.5, 0.6) is 0 Å². The fourth-order valence-electron chi connectivity index (χ4n) is 0.519. The minimum Gasteiger partial charge on any atom is -0.298 e. The zero-order valence-corrected chi connectivity index (χ0v) is 8.90. The molecule has 0 N–H and O–H groups in total. The van der Waals surface area contributed by atoms with Crippen LogP contribution in [0.25, 0.3) is 0 Å². The second kappa shape index (κ2) is 4.48. The van der Waals surface area contributed by atoms with Gasteiger partial charge in [-0.2, -0.15) is 0 Å². The highest BCUT2D eigenvalue weighted by molar-refractivity contribution is 7.99. The maximum absolute atomic E-state index is 11.4. The van der Waals surface area contributed by atoms with Crippen LogP contribution in [0.2, 0.25) is 0 Å². The first-order valence-corrected chi connectivity index (χ1v) is 5.30. The zero-order chi connectivity index (χ0) is 9.78. The summed E-state index contributed by atoms with van der Waals surface area (Å²) in [6, 6.07) is 0. The summed E-state index contributed by atoms with van der Waals surface area (Å²) in [5.41, 5.74) is 1.15. The van der Waals surface area contributed by atoms with Gasteiger partial charge in [-0.1, -0.05) is 11.6 Å². The summed E-state index contributed by atoms with van der Waals surface area (Å²) in [5, 5.41) is 0. The van der Waals surface area contributed by atoms with Crippen molar-refractivity contribution in [3.8, 4) is 0 Å². The van der Waals surface area contributed by atoms with E-state index in [0.29, 0.717) is 4.91 Å². The van der Waals surface area contributed by atoms with Crippen LogP contribution < -0.4 is 0 Å². The van der Waals surface area contributed by atoms with Gasteiger partial charge in [0.15, 0.2) is 0 Å².